The first-order valence-corrected chi connectivity index (χ1v) is 5.97. The molecule has 3 heteroatoms. The monoisotopic (exact) mass is 234 g/mol. The van der Waals surface area contributed by atoms with Gasteiger partial charge in [-0.1, -0.05) is 19.1 Å². The predicted molar refractivity (Wildman–Crippen MR) is 64.3 cm³/mol. The lowest BCUT2D eigenvalue weighted by Crippen LogP contribution is -2.00. The van der Waals surface area contributed by atoms with Crippen LogP contribution in [0.25, 0.3) is 10.4 Å². The van der Waals surface area contributed by atoms with Gasteiger partial charge in [-0.25, -0.2) is 4.39 Å². The zero-order valence-electron chi connectivity index (χ0n) is 8.87. The Bertz CT molecular complexity index is 503. The Morgan fingerprint density at radius 3 is 2.81 bits per heavy atom. The highest BCUT2D eigenvalue weighted by molar-refractivity contribution is 7.13. The molecule has 1 aromatic heterocycles. The van der Waals surface area contributed by atoms with Gasteiger partial charge in [-0.15, -0.1) is 11.3 Å². The molecule has 0 atom stereocenters. The molecule has 1 heterocycles. The van der Waals surface area contributed by atoms with Gasteiger partial charge in [0, 0.05) is 11.3 Å². The van der Waals surface area contributed by atoms with Gasteiger partial charge in [0.15, 0.2) is 5.78 Å². The van der Waals surface area contributed by atoms with Crippen molar-refractivity contribution in [3.63, 3.8) is 0 Å². The second-order valence-corrected chi connectivity index (χ2v) is 4.40. The van der Waals surface area contributed by atoms with Gasteiger partial charge in [0.1, 0.15) is 5.82 Å². The Kier molecular flexibility index (Phi) is 3.15. The molecule has 0 aliphatic heterocycles. The lowest BCUT2D eigenvalue weighted by atomic mass is 10.0. The van der Waals surface area contributed by atoms with Crippen molar-refractivity contribution in [2.45, 2.75) is 13.3 Å². The van der Waals surface area contributed by atoms with Crippen LogP contribution >= 0.6 is 11.3 Å². The van der Waals surface area contributed by atoms with Crippen LogP contribution in [0.1, 0.15) is 23.7 Å². The first kappa shape index (κ1) is 11.0. The highest BCUT2D eigenvalue weighted by atomic mass is 32.1. The summed E-state index contributed by atoms with van der Waals surface area (Å²) >= 11 is 1.58. The molecular weight excluding hydrogens is 223 g/mol. The minimum atomic E-state index is -0.438. The summed E-state index contributed by atoms with van der Waals surface area (Å²) in [5.74, 6) is -0.594. The number of thiophene rings is 1. The molecule has 0 saturated heterocycles. The van der Waals surface area contributed by atoms with E-state index in [2.05, 4.69) is 0 Å². The average Bonchev–Trinajstić information content (AvgIpc) is 2.82. The van der Waals surface area contributed by atoms with Crippen LogP contribution in [0.4, 0.5) is 4.39 Å². The summed E-state index contributed by atoms with van der Waals surface area (Å²) in [6.07, 6.45) is 0.324. The van der Waals surface area contributed by atoms with Crippen molar-refractivity contribution < 1.29 is 9.18 Å². The van der Waals surface area contributed by atoms with Crippen molar-refractivity contribution in [1.82, 2.24) is 0 Å². The van der Waals surface area contributed by atoms with Gasteiger partial charge in [0.2, 0.25) is 0 Å². The van der Waals surface area contributed by atoms with Crippen LogP contribution in [-0.2, 0) is 0 Å². The number of rotatable bonds is 3. The quantitative estimate of drug-likeness (QED) is 0.729. The molecule has 82 valence electrons. The van der Waals surface area contributed by atoms with E-state index in [9.17, 15) is 9.18 Å². The summed E-state index contributed by atoms with van der Waals surface area (Å²) in [5.41, 5.74) is 1.08. The molecule has 0 bridgehead atoms. The molecule has 0 aliphatic carbocycles. The number of Topliss-reactive ketones (excluding diaryl/α,β-unsaturated/α-hetero) is 1. The van der Waals surface area contributed by atoms with Crippen LogP contribution in [-0.4, -0.2) is 5.78 Å². The summed E-state index contributed by atoms with van der Waals surface area (Å²) in [7, 11) is 0. The molecule has 0 unspecified atom stereocenters. The third-order valence-corrected chi connectivity index (χ3v) is 3.31. The van der Waals surface area contributed by atoms with Crippen LogP contribution in [0.15, 0.2) is 35.7 Å². The summed E-state index contributed by atoms with van der Waals surface area (Å²) in [5, 5.41) is 1.96. The van der Waals surface area contributed by atoms with E-state index in [4.69, 9.17) is 0 Å². The number of carbonyl (C=O) groups is 1. The molecule has 0 amide bonds. The smallest absolute Gasteiger partial charge is 0.165 e. The number of halogens is 1. The molecule has 1 nitrogen and oxygen atoms in total. The molecule has 16 heavy (non-hydrogen) atoms. The van der Waals surface area contributed by atoms with Crippen molar-refractivity contribution >= 4 is 17.1 Å². The minimum absolute atomic E-state index is 0.157. The lowest BCUT2D eigenvalue weighted by Gasteiger charge is -2.03. The van der Waals surface area contributed by atoms with Gasteiger partial charge in [0.25, 0.3) is 0 Å². The third-order valence-electron chi connectivity index (χ3n) is 2.39. The van der Waals surface area contributed by atoms with E-state index < -0.39 is 5.82 Å². The zero-order valence-corrected chi connectivity index (χ0v) is 9.68. The maximum absolute atomic E-state index is 13.4. The molecule has 2 aromatic rings. The van der Waals surface area contributed by atoms with Crippen molar-refractivity contribution in [1.29, 1.82) is 0 Å². The van der Waals surface area contributed by atoms with Gasteiger partial charge in [-0.2, -0.15) is 0 Å². The summed E-state index contributed by atoms with van der Waals surface area (Å²) < 4.78 is 13.4. The van der Waals surface area contributed by atoms with E-state index in [1.165, 1.54) is 6.07 Å². The van der Waals surface area contributed by atoms with Crippen molar-refractivity contribution in [3.05, 3.63) is 47.1 Å². The maximum atomic E-state index is 13.4. The second kappa shape index (κ2) is 4.58. The molecule has 0 aliphatic rings. The predicted octanol–water partition coefficient (Wildman–Crippen LogP) is 4.15. The Hall–Kier alpha value is -1.48. The first-order chi connectivity index (χ1) is 7.72. The van der Waals surface area contributed by atoms with Gasteiger partial charge >= 0.3 is 0 Å². The van der Waals surface area contributed by atoms with E-state index in [-0.39, 0.29) is 11.3 Å². The second-order valence-electron chi connectivity index (χ2n) is 3.45. The normalized spacial score (nSPS) is 10.4. The largest absolute Gasteiger partial charge is 0.294 e. The first-order valence-electron chi connectivity index (χ1n) is 5.09. The fourth-order valence-corrected chi connectivity index (χ4v) is 2.25. The molecule has 0 saturated carbocycles. The molecule has 0 radical (unpaired) electrons. The van der Waals surface area contributed by atoms with E-state index >= 15 is 0 Å². The number of carbonyl (C=O) groups excluding carboxylic acids is 1. The molecule has 0 spiro atoms. The molecule has 1 aromatic carbocycles. The van der Waals surface area contributed by atoms with E-state index in [1.54, 1.807) is 30.4 Å². The fraction of sp³-hybridized carbons (Fsp3) is 0.154. The third kappa shape index (κ3) is 2.04. The van der Waals surface area contributed by atoms with Gasteiger partial charge < -0.3 is 0 Å². The molecule has 0 fully saturated rings. The number of benzene rings is 1. The Morgan fingerprint density at radius 1 is 1.38 bits per heavy atom. The van der Waals surface area contributed by atoms with Crippen molar-refractivity contribution in [3.8, 4) is 10.4 Å². The summed E-state index contributed by atoms with van der Waals surface area (Å²) in [4.78, 5) is 12.6. The van der Waals surface area contributed by atoms with E-state index in [0.717, 1.165) is 10.4 Å². The Labute approximate surface area is 97.6 Å². The summed E-state index contributed by atoms with van der Waals surface area (Å²) in [6, 6.07) is 8.58. The SMILES string of the molecule is CCC(=O)c1cc(-c2cccs2)ccc1F. The van der Waals surface area contributed by atoms with E-state index in [0.29, 0.717) is 6.42 Å². The Balaban J connectivity index is 2.47. The minimum Gasteiger partial charge on any atom is -0.294 e. The number of hydrogen-bond acceptors (Lipinski definition) is 2. The summed E-state index contributed by atoms with van der Waals surface area (Å²) in [6.45, 7) is 1.74. The fourth-order valence-electron chi connectivity index (χ4n) is 1.53. The highest BCUT2D eigenvalue weighted by Crippen LogP contribution is 2.26. The van der Waals surface area contributed by atoms with Crippen molar-refractivity contribution in [2.24, 2.45) is 0 Å². The molecular formula is C13H11FOS. The average molecular weight is 234 g/mol. The lowest BCUT2D eigenvalue weighted by molar-refractivity contribution is 0.0984. The standard InChI is InChI=1S/C13H11FOS/c1-2-12(15)10-8-9(5-6-11(10)14)13-4-3-7-16-13/h3-8H,2H2,1H3. The van der Waals surface area contributed by atoms with Crippen LogP contribution in [0.3, 0.4) is 0 Å². The topological polar surface area (TPSA) is 17.1 Å². The van der Waals surface area contributed by atoms with Crippen LogP contribution in [0.2, 0.25) is 0 Å². The van der Waals surface area contributed by atoms with Gasteiger partial charge in [-0.05, 0) is 29.1 Å². The van der Waals surface area contributed by atoms with Crippen molar-refractivity contribution in [2.75, 3.05) is 0 Å². The molecule has 0 N–H and O–H groups in total. The van der Waals surface area contributed by atoms with Gasteiger partial charge in [-0.3, -0.25) is 4.79 Å². The van der Waals surface area contributed by atoms with E-state index in [1.807, 2.05) is 17.5 Å². The molecule has 2 rings (SSSR count). The maximum Gasteiger partial charge on any atom is 0.165 e. The number of hydrogen-bond donors (Lipinski definition) is 0. The zero-order chi connectivity index (χ0) is 11.5. The van der Waals surface area contributed by atoms with Crippen LogP contribution in [0.5, 0.6) is 0 Å². The van der Waals surface area contributed by atoms with Crippen LogP contribution < -0.4 is 0 Å². The van der Waals surface area contributed by atoms with Gasteiger partial charge in [0.05, 0.1) is 5.56 Å². The Morgan fingerprint density at radius 2 is 2.19 bits per heavy atom. The highest BCUT2D eigenvalue weighted by Gasteiger charge is 2.11. The number of ketones is 1. The van der Waals surface area contributed by atoms with Crippen LogP contribution in [0, 0.1) is 5.82 Å².